The van der Waals surface area contributed by atoms with Crippen LogP contribution in [-0.2, 0) is 15.4 Å². The van der Waals surface area contributed by atoms with Gasteiger partial charge >= 0.3 is 0 Å². The molecular formula is C28H35N5O3S. The van der Waals surface area contributed by atoms with Gasteiger partial charge in [0.05, 0.1) is 5.56 Å². The average molecular weight is 522 g/mol. The van der Waals surface area contributed by atoms with Gasteiger partial charge in [0.15, 0.2) is 5.03 Å². The molecule has 1 unspecified atom stereocenters. The van der Waals surface area contributed by atoms with E-state index in [2.05, 4.69) is 68.3 Å². The van der Waals surface area contributed by atoms with E-state index in [4.69, 9.17) is 10.7 Å². The molecule has 1 aliphatic heterocycles. The first-order valence-electron chi connectivity index (χ1n) is 12.4. The molecule has 3 N–H and O–H groups in total. The third-order valence-electron chi connectivity index (χ3n) is 6.77. The van der Waals surface area contributed by atoms with Gasteiger partial charge in [0.25, 0.3) is 15.9 Å². The Morgan fingerprint density at radius 2 is 1.78 bits per heavy atom. The summed E-state index contributed by atoms with van der Waals surface area (Å²) in [5.74, 6) is 0.136. The molecular weight excluding hydrogens is 486 g/mol. The summed E-state index contributed by atoms with van der Waals surface area (Å²) in [6.07, 6.45) is 2.67. The fourth-order valence-corrected chi connectivity index (χ4v) is 5.87. The summed E-state index contributed by atoms with van der Waals surface area (Å²) in [5.41, 5.74) is 8.41. The van der Waals surface area contributed by atoms with Gasteiger partial charge in [-0.05, 0) is 60.9 Å². The molecule has 37 heavy (non-hydrogen) atoms. The summed E-state index contributed by atoms with van der Waals surface area (Å²) in [7, 11) is -4.25. The Bertz CT molecular complexity index is 1430. The molecule has 0 aliphatic carbocycles. The SMILES string of the molecule is CC1CN(c2ncc(-c3ccc(C(C)(C)C)cc3)cc2C(=O)NS(=O)(=O)c2cccc(N)n2)C(C)(C)C1. The zero-order valence-electron chi connectivity index (χ0n) is 22.2. The van der Waals surface area contributed by atoms with E-state index in [-0.39, 0.29) is 27.4 Å². The number of sulfonamides is 1. The summed E-state index contributed by atoms with van der Waals surface area (Å²) < 4.78 is 28.1. The number of nitrogens with two attached hydrogens (primary N) is 1. The van der Waals surface area contributed by atoms with Gasteiger partial charge in [-0.3, -0.25) is 4.79 Å². The number of carbonyl (C=O) groups is 1. The van der Waals surface area contributed by atoms with Crippen molar-refractivity contribution in [2.45, 2.75) is 63.9 Å². The lowest BCUT2D eigenvalue weighted by molar-refractivity contribution is 0.0981. The first-order valence-corrected chi connectivity index (χ1v) is 13.8. The molecule has 1 atom stereocenters. The van der Waals surface area contributed by atoms with Crippen molar-refractivity contribution in [2.75, 3.05) is 17.2 Å². The maximum absolute atomic E-state index is 13.5. The van der Waals surface area contributed by atoms with Crippen molar-refractivity contribution in [3.05, 3.63) is 65.9 Å². The van der Waals surface area contributed by atoms with E-state index in [0.29, 0.717) is 18.3 Å². The number of hydrogen-bond donors (Lipinski definition) is 2. The third-order valence-corrected chi connectivity index (χ3v) is 8.00. The van der Waals surface area contributed by atoms with Crippen LogP contribution in [0.5, 0.6) is 0 Å². The minimum Gasteiger partial charge on any atom is -0.384 e. The molecule has 1 amide bonds. The molecule has 4 rings (SSSR count). The molecule has 3 heterocycles. The largest absolute Gasteiger partial charge is 0.384 e. The van der Waals surface area contributed by atoms with Crippen molar-refractivity contribution in [2.24, 2.45) is 5.92 Å². The maximum Gasteiger partial charge on any atom is 0.281 e. The Hall–Kier alpha value is -3.46. The van der Waals surface area contributed by atoms with E-state index in [1.54, 1.807) is 12.3 Å². The van der Waals surface area contributed by atoms with E-state index in [0.717, 1.165) is 17.5 Å². The highest BCUT2D eigenvalue weighted by molar-refractivity contribution is 7.90. The molecule has 1 saturated heterocycles. The lowest BCUT2D eigenvalue weighted by atomic mass is 9.86. The molecule has 0 spiro atoms. The van der Waals surface area contributed by atoms with E-state index < -0.39 is 15.9 Å². The van der Waals surface area contributed by atoms with Crippen LogP contribution in [0.15, 0.2) is 59.8 Å². The van der Waals surface area contributed by atoms with Gasteiger partial charge in [-0.15, -0.1) is 0 Å². The minimum atomic E-state index is -4.25. The van der Waals surface area contributed by atoms with Crippen LogP contribution in [0.2, 0.25) is 0 Å². The zero-order chi connectivity index (χ0) is 27.2. The van der Waals surface area contributed by atoms with Gasteiger partial charge in [-0.1, -0.05) is 58.0 Å². The number of hydrogen-bond acceptors (Lipinski definition) is 7. The molecule has 3 aromatic rings. The minimum absolute atomic E-state index is 0.00689. The lowest BCUT2D eigenvalue weighted by Gasteiger charge is -2.33. The summed E-state index contributed by atoms with van der Waals surface area (Å²) in [5, 5.41) is -0.320. The molecule has 1 aliphatic rings. The van der Waals surface area contributed by atoms with Crippen LogP contribution in [-0.4, -0.2) is 36.4 Å². The monoisotopic (exact) mass is 521 g/mol. The summed E-state index contributed by atoms with van der Waals surface area (Å²) in [6, 6.07) is 14.1. The highest BCUT2D eigenvalue weighted by Gasteiger charge is 2.39. The Labute approximate surface area is 219 Å². The average Bonchev–Trinajstić information content (AvgIpc) is 3.09. The van der Waals surface area contributed by atoms with Gasteiger partial charge < -0.3 is 10.6 Å². The van der Waals surface area contributed by atoms with Crippen LogP contribution < -0.4 is 15.4 Å². The Morgan fingerprint density at radius 1 is 1.11 bits per heavy atom. The van der Waals surface area contributed by atoms with Crippen molar-refractivity contribution < 1.29 is 13.2 Å². The van der Waals surface area contributed by atoms with Crippen LogP contribution in [0, 0.1) is 5.92 Å². The van der Waals surface area contributed by atoms with E-state index >= 15 is 0 Å². The lowest BCUT2D eigenvalue weighted by Crippen LogP contribution is -2.41. The number of pyridine rings is 2. The Morgan fingerprint density at radius 3 is 2.35 bits per heavy atom. The van der Waals surface area contributed by atoms with Gasteiger partial charge in [0.1, 0.15) is 11.6 Å². The van der Waals surface area contributed by atoms with Crippen LogP contribution in [0.1, 0.15) is 63.9 Å². The maximum atomic E-state index is 13.5. The van der Waals surface area contributed by atoms with Crippen molar-refractivity contribution in [1.82, 2.24) is 14.7 Å². The smallest absolute Gasteiger partial charge is 0.281 e. The number of anilines is 2. The fraction of sp³-hybridized carbons (Fsp3) is 0.393. The highest BCUT2D eigenvalue weighted by Crippen LogP contribution is 2.38. The van der Waals surface area contributed by atoms with E-state index in [1.165, 1.54) is 23.8 Å². The zero-order valence-corrected chi connectivity index (χ0v) is 23.1. The number of nitrogens with zero attached hydrogens (tertiary/aromatic N) is 3. The molecule has 196 valence electrons. The molecule has 8 nitrogen and oxygen atoms in total. The number of nitrogen functional groups attached to an aromatic ring is 1. The number of nitrogens with one attached hydrogen (secondary N) is 1. The summed E-state index contributed by atoms with van der Waals surface area (Å²) >= 11 is 0. The first-order chi connectivity index (χ1) is 17.2. The summed E-state index contributed by atoms with van der Waals surface area (Å²) in [6.45, 7) is 13.5. The molecule has 0 bridgehead atoms. The second-order valence-electron chi connectivity index (χ2n) is 11.5. The van der Waals surface area contributed by atoms with Gasteiger partial charge in [0, 0.05) is 23.8 Å². The number of carbonyl (C=O) groups excluding carboxylic acids is 1. The number of rotatable bonds is 5. The number of aromatic nitrogens is 2. The van der Waals surface area contributed by atoms with Crippen LogP contribution in [0.25, 0.3) is 11.1 Å². The molecule has 1 fully saturated rings. The van der Waals surface area contributed by atoms with Gasteiger partial charge in [-0.2, -0.15) is 8.42 Å². The number of amides is 1. The third kappa shape index (κ3) is 5.61. The van der Waals surface area contributed by atoms with Crippen molar-refractivity contribution in [3.8, 4) is 11.1 Å². The second kappa shape index (κ2) is 9.45. The summed E-state index contributed by atoms with van der Waals surface area (Å²) in [4.78, 5) is 24.2. The quantitative estimate of drug-likeness (QED) is 0.497. The molecule has 0 saturated carbocycles. The number of benzene rings is 1. The molecule has 2 aromatic heterocycles. The topological polar surface area (TPSA) is 118 Å². The van der Waals surface area contributed by atoms with E-state index in [9.17, 15) is 13.2 Å². The van der Waals surface area contributed by atoms with Gasteiger partial charge in [-0.25, -0.2) is 14.7 Å². The molecule has 1 aromatic carbocycles. The second-order valence-corrected chi connectivity index (χ2v) is 13.1. The van der Waals surface area contributed by atoms with Crippen molar-refractivity contribution in [3.63, 3.8) is 0 Å². The predicted molar refractivity (Wildman–Crippen MR) is 147 cm³/mol. The van der Waals surface area contributed by atoms with Crippen LogP contribution in [0.3, 0.4) is 0 Å². The first kappa shape index (κ1) is 26.6. The predicted octanol–water partition coefficient (Wildman–Crippen LogP) is 4.77. The standard InChI is InChI=1S/C28H35N5O3S/c1-18-15-28(5,6)33(17-18)25-22(26(34)32-37(35,36)24-9-7-8-23(29)31-24)14-20(16-30-25)19-10-12-21(13-11-19)27(2,3)4/h7-14,16,18H,15,17H2,1-6H3,(H2,29,31)(H,32,34). The van der Waals surface area contributed by atoms with Crippen LogP contribution in [0.4, 0.5) is 11.6 Å². The van der Waals surface area contributed by atoms with Crippen LogP contribution >= 0.6 is 0 Å². The van der Waals surface area contributed by atoms with Gasteiger partial charge in [0.2, 0.25) is 0 Å². The van der Waals surface area contributed by atoms with E-state index in [1.807, 2.05) is 12.1 Å². The fourth-order valence-electron chi connectivity index (χ4n) is 4.93. The van der Waals surface area contributed by atoms with Crippen molar-refractivity contribution in [1.29, 1.82) is 0 Å². The Kier molecular flexibility index (Phi) is 6.79. The molecule has 9 heteroatoms. The van der Waals surface area contributed by atoms with Crippen molar-refractivity contribution >= 4 is 27.6 Å². The normalized spacial score (nSPS) is 17.6. The molecule has 0 radical (unpaired) electrons. The Balaban J connectivity index is 1.77. The highest BCUT2D eigenvalue weighted by atomic mass is 32.2.